The second-order valence-corrected chi connectivity index (χ2v) is 4.68. The molecule has 1 saturated carbocycles. The van der Waals surface area contributed by atoms with Gasteiger partial charge in [-0.05, 0) is 32.9 Å². The van der Waals surface area contributed by atoms with Gasteiger partial charge in [0.05, 0.1) is 0 Å². The van der Waals surface area contributed by atoms with Gasteiger partial charge in [-0.1, -0.05) is 19.3 Å². The van der Waals surface area contributed by atoms with Crippen molar-refractivity contribution in [3.05, 3.63) is 11.6 Å². The largest absolute Gasteiger partial charge is 0.320 e. The molecule has 2 rings (SSSR count). The van der Waals surface area contributed by atoms with E-state index in [-0.39, 0.29) is 0 Å². The fourth-order valence-electron chi connectivity index (χ4n) is 2.40. The molecule has 90 valence electrons. The highest BCUT2D eigenvalue weighted by Gasteiger charge is 2.19. The Hall–Kier alpha value is -0.900. The summed E-state index contributed by atoms with van der Waals surface area (Å²) < 4.78 is 0. The summed E-state index contributed by atoms with van der Waals surface area (Å²) in [5.74, 6) is 2.72. The van der Waals surface area contributed by atoms with Gasteiger partial charge in [-0.25, -0.2) is 4.98 Å². The zero-order valence-electron chi connectivity index (χ0n) is 10.1. The van der Waals surface area contributed by atoms with Crippen LogP contribution in [0.3, 0.4) is 0 Å². The Morgan fingerprint density at radius 3 is 2.88 bits per heavy atom. The van der Waals surface area contributed by atoms with Crippen LogP contribution >= 0.6 is 0 Å². The third-order valence-electron chi connectivity index (χ3n) is 3.36. The van der Waals surface area contributed by atoms with Crippen molar-refractivity contribution in [3.8, 4) is 0 Å². The van der Waals surface area contributed by atoms with E-state index < -0.39 is 0 Å². The van der Waals surface area contributed by atoms with Gasteiger partial charge in [-0.3, -0.25) is 5.10 Å². The molecule has 1 fully saturated rings. The minimum atomic E-state index is 0.614. The summed E-state index contributed by atoms with van der Waals surface area (Å²) in [5, 5.41) is 10.6. The lowest BCUT2D eigenvalue weighted by atomic mass is 9.89. The van der Waals surface area contributed by atoms with Gasteiger partial charge in [0.1, 0.15) is 5.82 Å². The molecular weight excluding hydrogens is 200 g/mol. The maximum atomic E-state index is 4.61. The van der Waals surface area contributed by atoms with Crippen molar-refractivity contribution in [2.45, 2.75) is 50.9 Å². The molecule has 1 heterocycles. The van der Waals surface area contributed by atoms with E-state index in [1.54, 1.807) is 0 Å². The molecule has 16 heavy (non-hydrogen) atoms. The van der Waals surface area contributed by atoms with Crippen molar-refractivity contribution in [3.63, 3.8) is 0 Å². The van der Waals surface area contributed by atoms with Gasteiger partial charge >= 0.3 is 0 Å². The Labute approximate surface area is 97.2 Å². The molecule has 0 aliphatic heterocycles. The quantitative estimate of drug-likeness (QED) is 0.749. The summed E-state index contributed by atoms with van der Waals surface area (Å²) in [5.41, 5.74) is 0. The number of aromatic nitrogens is 3. The maximum Gasteiger partial charge on any atom is 0.153 e. The Morgan fingerprint density at radius 1 is 1.31 bits per heavy atom. The molecule has 0 saturated heterocycles. The van der Waals surface area contributed by atoms with Crippen molar-refractivity contribution in [1.82, 2.24) is 20.5 Å². The Morgan fingerprint density at radius 2 is 2.12 bits per heavy atom. The van der Waals surface area contributed by atoms with Crippen molar-refractivity contribution in [1.29, 1.82) is 0 Å². The van der Waals surface area contributed by atoms with Crippen LogP contribution in [-0.4, -0.2) is 28.8 Å². The second kappa shape index (κ2) is 5.99. The number of rotatable bonds is 5. The summed E-state index contributed by atoms with van der Waals surface area (Å²) in [6, 6.07) is 0. The predicted octanol–water partition coefficient (Wildman–Crippen LogP) is 2.00. The number of aryl methyl sites for hydroxylation is 1. The lowest BCUT2D eigenvalue weighted by molar-refractivity contribution is 0.429. The molecule has 1 aromatic heterocycles. The van der Waals surface area contributed by atoms with Gasteiger partial charge in [0.15, 0.2) is 5.82 Å². The molecule has 0 amide bonds. The van der Waals surface area contributed by atoms with Crippen molar-refractivity contribution in [2.24, 2.45) is 0 Å². The number of hydrogen-bond acceptors (Lipinski definition) is 3. The first-order valence-electron chi connectivity index (χ1n) is 6.46. The topological polar surface area (TPSA) is 53.6 Å². The lowest BCUT2D eigenvalue weighted by Crippen LogP contribution is -2.09. The molecule has 0 radical (unpaired) electrons. The number of hydrogen-bond donors (Lipinski definition) is 2. The first kappa shape index (κ1) is 11.6. The average molecular weight is 222 g/mol. The number of H-pyrrole nitrogens is 1. The summed E-state index contributed by atoms with van der Waals surface area (Å²) in [7, 11) is 1.98. The van der Waals surface area contributed by atoms with E-state index in [4.69, 9.17) is 0 Å². The van der Waals surface area contributed by atoms with E-state index in [0.717, 1.165) is 31.0 Å². The van der Waals surface area contributed by atoms with E-state index in [9.17, 15) is 0 Å². The van der Waals surface area contributed by atoms with Crippen LogP contribution in [0.5, 0.6) is 0 Å². The van der Waals surface area contributed by atoms with Crippen LogP contribution in [-0.2, 0) is 6.42 Å². The lowest BCUT2D eigenvalue weighted by Gasteiger charge is -2.17. The zero-order chi connectivity index (χ0) is 11.2. The SMILES string of the molecule is CNCCCc1nc(C2CCCCC2)n[nH]1. The average Bonchev–Trinajstić information content (AvgIpc) is 2.79. The molecule has 1 aliphatic rings. The predicted molar refractivity (Wildman–Crippen MR) is 64.5 cm³/mol. The van der Waals surface area contributed by atoms with Gasteiger partial charge in [-0.2, -0.15) is 5.10 Å². The fraction of sp³-hybridized carbons (Fsp3) is 0.833. The third kappa shape index (κ3) is 3.04. The zero-order valence-corrected chi connectivity index (χ0v) is 10.1. The highest BCUT2D eigenvalue weighted by Crippen LogP contribution is 2.30. The van der Waals surface area contributed by atoms with Crippen LogP contribution < -0.4 is 5.32 Å². The van der Waals surface area contributed by atoms with Crippen molar-refractivity contribution in [2.75, 3.05) is 13.6 Å². The number of nitrogens with zero attached hydrogens (tertiary/aromatic N) is 2. The fourth-order valence-corrected chi connectivity index (χ4v) is 2.40. The third-order valence-corrected chi connectivity index (χ3v) is 3.36. The highest BCUT2D eigenvalue weighted by atomic mass is 15.2. The molecule has 4 heteroatoms. The van der Waals surface area contributed by atoms with Crippen molar-refractivity contribution >= 4 is 0 Å². The summed E-state index contributed by atoms with van der Waals surface area (Å²) >= 11 is 0. The monoisotopic (exact) mass is 222 g/mol. The molecule has 2 N–H and O–H groups in total. The standard InChI is InChI=1S/C12H22N4/c1-13-9-5-8-11-14-12(16-15-11)10-6-3-2-4-7-10/h10,13H,2-9H2,1H3,(H,14,15,16). The van der Waals surface area contributed by atoms with Gasteiger partial charge in [0.25, 0.3) is 0 Å². The Bertz CT molecular complexity index is 302. The van der Waals surface area contributed by atoms with E-state index in [2.05, 4.69) is 20.5 Å². The van der Waals surface area contributed by atoms with Gasteiger partial charge in [0.2, 0.25) is 0 Å². The molecule has 1 aromatic rings. The normalized spacial score (nSPS) is 17.8. The number of aromatic amines is 1. The molecule has 0 bridgehead atoms. The molecule has 0 aromatic carbocycles. The van der Waals surface area contributed by atoms with E-state index >= 15 is 0 Å². The van der Waals surface area contributed by atoms with Crippen LogP contribution in [0.2, 0.25) is 0 Å². The van der Waals surface area contributed by atoms with Crippen LogP contribution in [0.15, 0.2) is 0 Å². The summed E-state index contributed by atoms with van der Waals surface area (Å²) in [4.78, 5) is 4.61. The van der Waals surface area contributed by atoms with Gasteiger partial charge in [0, 0.05) is 12.3 Å². The van der Waals surface area contributed by atoms with E-state index in [1.165, 1.54) is 32.1 Å². The maximum absolute atomic E-state index is 4.61. The Balaban J connectivity index is 1.85. The molecular formula is C12H22N4. The van der Waals surface area contributed by atoms with Crippen LogP contribution in [0, 0.1) is 0 Å². The minimum Gasteiger partial charge on any atom is -0.320 e. The molecule has 0 unspecified atom stereocenters. The first-order valence-corrected chi connectivity index (χ1v) is 6.46. The van der Waals surface area contributed by atoms with Crippen molar-refractivity contribution < 1.29 is 0 Å². The summed E-state index contributed by atoms with van der Waals surface area (Å²) in [6.07, 6.45) is 8.73. The summed E-state index contributed by atoms with van der Waals surface area (Å²) in [6.45, 7) is 1.04. The van der Waals surface area contributed by atoms with E-state index in [1.807, 2.05) is 7.05 Å². The van der Waals surface area contributed by atoms with Crippen LogP contribution in [0.25, 0.3) is 0 Å². The molecule has 0 atom stereocenters. The van der Waals surface area contributed by atoms with E-state index in [0.29, 0.717) is 5.92 Å². The smallest absolute Gasteiger partial charge is 0.153 e. The van der Waals surface area contributed by atoms with Crippen LogP contribution in [0.4, 0.5) is 0 Å². The molecule has 4 nitrogen and oxygen atoms in total. The minimum absolute atomic E-state index is 0.614. The first-order chi connectivity index (χ1) is 7.90. The molecule has 1 aliphatic carbocycles. The Kier molecular flexibility index (Phi) is 4.34. The van der Waals surface area contributed by atoms with Gasteiger partial charge < -0.3 is 5.32 Å². The van der Waals surface area contributed by atoms with Crippen LogP contribution in [0.1, 0.15) is 56.1 Å². The highest BCUT2D eigenvalue weighted by molar-refractivity contribution is 4.99. The van der Waals surface area contributed by atoms with Gasteiger partial charge in [-0.15, -0.1) is 0 Å². The second-order valence-electron chi connectivity index (χ2n) is 4.68. The number of nitrogens with one attached hydrogen (secondary N) is 2. The molecule has 0 spiro atoms.